The van der Waals surface area contributed by atoms with E-state index in [4.69, 9.17) is 5.26 Å². The normalized spacial score (nSPS) is 10.7. The van der Waals surface area contributed by atoms with Crippen LogP contribution in [0.5, 0.6) is 0 Å². The van der Waals surface area contributed by atoms with Gasteiger partial charge in [0.2, 0.25) is 5.91 Å². The molecule has 3 rings (SSSR count). The number of carbonyl (C=O) groups excluding carboxylic acids is 1. The van der Waals surface area contributed by atoms with E-state index < -0.39 is 0 Å². The van der Waals surface area contributed by atoms with Crippen LogP contribution >= 0.6 is 11.3 Å². The molecule has 0 saturated heterocycles. The molecule has 0 atom stereocenters. The van der Waals surface area contributed by atoms with Crippen molar-refractivity contribution in [1.82, 2.24) is 4.90 Å². The van der Waals surface area contributed by atoms with E-state index in [1.54, 1.807) is 35.6 Å². The van der Waals surface area contributed by atoms with E-state index in [2.05, 4.69) is 28.9 Å². The van der Waals surface area contributed by atoms with Gasteiger partial charge in [-0.05, 0) is 53.7 Å². The molecule has 1 N–H and O–H groups in total. The summed E-state index contributed by atoms with van der Waals surface area (Å²) >= 11 is 1.73. The zero-order chi connectivity index (χ0) is 16.9. The van der Waals surface area contributed by atoms with Crippen LogP contribution < -0.4 is 5.32 Å². The van der Waals surface area contributed by atoms with Crippen LogP contribution in [0.2, 0.25) is 0 Å². The van der Waals surface area contributed by atoms with Gasteiger partial charge in [-0.25, -0.2) is 0 Å². The lowest BCUT2D eigenvalue weighted by atomic mass is 10.2. The zero-order valence-electron chi connectivity index (χ0n) is 13.3. The van der Waals surface area contributed by atoms with Crippen molar-refractivity contribution in [2.75, 3.05) is 18.9 Å². The van der Waals surface area contributed by atoms with E-state index in [1.807, 2.05) is 24.1 Å². The van der Waals surface area contributed by atoms with Crippen LogP contribution in [-0.4, -0.2) is 24.4 Å². The predicted molar refractivity (Wildman–Crippen MR) is 97.9 cm³/mol. The summed E-state index contributed by atoms with van der Waals surface area (Å²) in [7, 11) is 1.94. The molecular weight excluding hydrogens is 318 g/mol. The first-order valence-corrected chi connectivity index (χ1v) is 8.47. The number of amides is 1. The highest BCUT2D eigenvalue weighted by atomic mass is 32.1. The summed E-state index contributed by atoms with van der Waals surface area (Å²) in [5.41, 5.74) is 2.52. The molecule has 0 saturated carbocycles. The lowest BCUT2D eigenvalue weighted by Gasteiger charge is -2.16. The number of hydrogen-bond donors (Lipinski definition) is 1. The number of fused-ring (bicyclic) bond motifs is 1. The second-order valence-corrected chi connectivity index (χ2v) is 6.58. The van der Waals surface area contributed by atoms with Gasteiger partial charge >= 0.3 is 0 Å². The van der Waals surface area contributed by atoms with Crippen LogP contribution in [0.1, 0.15) is 11.1 Å². The molecule has 0 unspecified atom stereocenters. The third-order valence-corrected chi connectivity index (χ3v) is 4.73. The fourth-order valence-electron chi connectivity index (χ4n) is 2.58. The maximum absolute atomic E-state index is 12.2. The van der Waals surface area contributed by atoms with E-state index in [0.29, 0.717) is 17.8 Å². The maximum Gasteiger partial charge on any atom is 0.238 e. The molecule has 0 aliphatic rings. The zero-order valence-corrected chi connectivity index (χ0v) is 14.1. The first-order valence-electron chi connectivity index (χ1n) is 7.59. The highest BCUT2D eigenvalue weighted by Crippen LogP contribution is 2.26. The number of nitriles is 1. The molecule has 0 radical (unpaired) electrons. The molecule has 120 valence electrons. The number of benzene rings is 2. The van der Waals surface area contributed by atoms with Gasteiger partial charge in [-0.3, -0.25) is 9.69 Å². The molecular formula is C19H17N3OS. The number of rotatable bonds is 5. The Hall–Kier alpha value is -2.68. The Balaban J connectivity index is 1.58. The minimum absolute atomic E-state index is 0.0678. The number of carbonyl (C=O) groups is 1. The molecule has 1 aromatic heterocycles. The first-order chi connectivity index (χ1) is 11.7. The van der Waals surface area contributed by atoms with Gasteiger partial charge in [0.05, 0.1) is 18.2 Å². The molecule has 24 heavy (non-hydrogen) atoms. The van der Waals surface area contributed by atoms with Crippen molar-refractivity contribution in [2.24, 2.45) is 0 Å². The maximum atomic E-state index is 12.2. The van der Waals surface area contributed by atoms with Crippen molar-refractivity contribution in [3.63, 3.8) is 0 Å². The van der Waals surface area contributed by atoms with Gasteiger partial charge < -0.3 is 5.32 Å². The highest BCUT2D eigenvalue weighted by molar-refractivity contribution is 7.17. The Bertz CT molecular complexity index is 893. The Morgan fingerprint density at radius 1 is 1.21 bits per heavy atom. The van der Waals surface area contributed by atoms with Gasteiger partial charge in [0.1, 0.15) is 0 Å². The first kappa shape index (κ1) is 16.2. The minimum atomic E-state index is -0.0678. The van der Waals surface area contributed by atoms with Crippen LogP contribution in [0.4, 0.5) is 5.69 Å². The second-order valence-electron chi connectivity index (χ2n) is 5.67. The SMILES string of the molecule is CN(CC(=O)Nc1ccc(C#N)cc1)Cc1csc2ccccc12. The fourth-order valence-corrected chi connectivity index (χ4v) is 3.53. The van der Waals surface area contributed by atoms with Gasteiger partial charge in [0.25, 0.3) is 0 Å². The Morgan fingerprint density at radius 2 is 1.96 bits per heavy atom. The highest BCUT2D eigenvalue weighted by Gasteiger charge is 2.10. The Kier molecular flexibility index (Phi) is 4.90. The average Bonchev–Trinajstić information content (AvgIpc) is 2.98. The molecule has 5 heteroatoms. The van der Waals surface area contributed by atoms with Gasteiger partial charge in [0.15, 0.2) is 0 Å². The number of nitrogens with zero attached hydrogens (tertiary/aromatic N) is 2. The van der Waals surface area contributed by atoms with Crippen molar-refractivity contribution in [3.8, 4) is 6.07 Å². The van der Waals surface area contributed by atoms with E-state index in [1.165, 1.54) is 15.6 Å². The Morgan fingerprint density at radius 3 is 2.71 bits per heavy atom. The third kappa shape index (κ3) is 3.80. The largest absolute Gasteiger partial charge is 0.325 e. The number of nitrogens with one attached hydrogen (secondary N) is 1. The van der Waals surface area contributed by atoms with Crippen LogP contribution in [0, 0.1) is 11.3 Å². The summed E-state index contributed by atoms with van der Waals surface area (Å²) in [6.07, 6.45) is 0. The van der Waals surface area contributed by atoms with Crippen LogP contribution in [0.25, 0.3) is 10.1 Å². The molecule has 4 nitrogen and oxygen atoms in total. The molecule has 1 heterocycles. The average molecular weight is 335 g/mol. The van der Waals surface area contributed by atoms with Gasteiger partial charge in [-0.2, -0.15) is 5.26 Å². The molecule has 3 aromatic rings. The number of hydrogen-bond acceptors (Lipinski definition) is 4. The monoisotopic (exact) mass is 335 g/mol. The van der Waals surface area contributed by atoms with Crippen molar-refractivity contribution in [1.29, 1.82) is 5.26 Å². The van der Waals surface area contributed by atoms with Crippen LogP contribution in [-0.2, 0) is 11.3 Å². The minimum Gasteiger partial charge on any atom is -0.325 e. The molecule has 0 aliphatic carbocycles. The van der Waals surface area contributed by atoms with Crippen molar-refractivity contribution in [2.45, 2.75) is 6.54 Å². The van der Waals surface area contributed by atoms with E-state index in [-0.39, 0.29) is 5.91 Å². The number of likely N-dealkylation sites (N-methyl/N-ethyl adjacent to an activating group) is 1. The van der Waals surface area contributed by atoms with E-state index >= 15 is 0 Å². The summed E-state index contributed by atoms with van der Waals surface area (Å²) in [6.45, 7) is 1.04. The topological polar surface area (TPSA) is 56.1 Å². The summed E-state index contributed by atoms with van der Waals surface area (Å²) < 4.78 is 1.27. The quantitative estimate of drug-likeness (QED) is 0.770. The number of anilines is 1. The van der Waals surface area contributed by atoms with Crippen molar-refractivity contribution < 1.29 is 4.79 Å². The molecule has 0 bridgehead atoms. The van der Waals surface area contributed by atoms with E-state index in [9.17, 15) is 4.79 Å². The van der Waals surface area contributed by atoms with Gasteiger partial charge in [0, 0.05) is 16.9 Å². The van der Waals surface area contributed by atoms with Crippen molar-refractivity contribution in [3.05, 3.63) is 65.0 Å². The molecule has 1 amide bonds. The summed E-state index contributed by atoms with van der Waals surface area (Å²) in [6, 6.07) is 17.2. The lowest BCUT2D eigenvalue weighted by molar-refractivity contribution is -0.117. The predicted octanol–water partition coefficient (Wildman–Crippen LogP) is 3.84. The lowest BCUT2D eigenvalue weighted by Crippen LogP contribution is -2.29. The molecule has 0 fully saturated rings. The molecule has 0 aliphatic heterocycles. The summed E-state index contributed by atoms with van der Waals surface area (Å²) in [5, 5.41) is 15.0. The Labute approximate surface area is 144 Å². The third-order valence-electron chi connectivity index (χ3n) is 3.71. The molecule has 0 spiro atoms. The summed E-state index contributed by atoms with van der Waals surface area (Å²) in [4.78, 5) is 14.1. The van der Waals surface area contributed by atoms with Crippen molar-refractivity contribution >= 4 is 33.0 Å². The number of thiophene rings is 1. The fraction of sp³-hybridized carbons (Fsp3) is 0.158. The smallest absolute Gasteiger partial charge is 0.238 e. The second kappa shape index (κ2) is 7.26. The molecule has 2 aromatic carbocycles. The van der Waals surface area contributed by atoms with Crippen LogP contribution in [0.3, 0.4) is 0 Å². The van der Waals surface area contributed by atoms with Crippen LogP contribution in [0.15, 0.2) is 53.9 Å². The van der Waals surface area contributed by atoms with Gasteiger partial charge in [-0.15, -0.1) is 11.3 Å². The van der Waals surface area contributed by atoms with Gasteiger partial charge in [-0.1, -0.05) is 18.2 Å². The summed E-state index contributed by atoms with van der Waals surface area (Å²) in [5.74, 6) is -0.0678. The standard InChI is InChI=1S/C19H17N3OS/c1-22(11-15-13-24-18-5-3-2-4-17(15)18)12-19(23)21-16-8-6-14(10-20)7-9-16/h2-9,13H,11-12H2,1H3,(H,21,23). The van der Waals surface area contributed by atoms with E-state index in [0.717, 1.165) is 6.54 Å².